The van der Waals surface area contributed by atoms with Crippen molar-refractivity contribution in [2.45, 2.75) is 47.5 Å². The molecule has 0 bridgehead atoms. The van der Waals surface area contributed by atoms with E-state index in [9.17, 15) is 8.42 Å². The zero-order chi connectivity index (χ0) is 15.3. The van der Waals surface area contributed by atoms with E-state index in [1.807, 2.05) is 26.0 Å². The smallest absolute Gasteiger partial charge is 0.229 e. The Morgan fingerprint density at radius 3 is 1.79 bits per heavy atom. The number of hydrogen-bond donors (Lipinski definition) is 1. The second-order valence-corrected chi connectivity index (χ2v) is 7.33. The van der Waals surface area contributed by atoms with Gasteiger partial charge in [0, 0.05) is 5.69 Å². The molecular formula is C15H27NO2S. The fourth-order valence-electron chi connectivity index (χ4n) is 1.55. The standard InChI is InChI=1S/C13H21NO2S.C2H6/c1-10(13(2,3)4)11-6-8-12(9-7-11)14-17(5,15)16;1-2/h6-10,14H,1-5H3;1-2H3. The van der Waals surface area contributed by atoms with Crippen molar-refractivity contribution in [3.63, 3.8) is 0 Å². The van der Waals surface area contributed by atoms with E-state index >= 15 is 0 Å². The molecule has 1 aromatic rings. The van der Waals surface area contributed by atoms with Crippen LogP contribution in [-0.2, 0) is 10.0 Å². The van der Waals surface area contributed by atoms with Crippen LogP contribution in [0.15, 0.2) is 24.3 Å². The third kappa shape index (κ3) is 6.62. The summed E-state index contributed by atoms with van der Waals surface area (Å²) in [6.45, 7) is 12.8. The van der Waals surface area contributed by atoms with Crippen molar-refractivity contribution in [3.8, 4) is 0 Å². The molecule has 0 aliphatic rings. The second-order valence-electron chi connectivity index (χ2n) is 5.58. The van der Waals surface area contributed by atoms with Gasteiger partial charge in [-0.2, -0.15) is 0 Å². The molecule has 0 aromatic heterocycles. The molecule has 1 rings (SSSR count). The van der Waals surface area contributed by atoms with Gasteiger partial charge in [0.25, 0.3) is 0 Å². The van der Waals surface area contributed by atoms with Crippen LogP contribution in [0.4, 0.5) is 5.69 Å². The molecule has 0 saturated carbocycles. The Hall–Kier alpha value is -1.03. The first-order chi connectivity index (χ1) is 8.59. The Kier molecular flexibility index (Phi) is 6.57. The molecule has 0 aliphatic carbocycles. The lowest BCUT2D eigenvalue weighted by atomic mass is 9.78. The first-order valence-corrected chi connectivity index (χ1v) is 8.56. The minimum Gasteiger partial charge on any atom is -0.284 e. The maximum absolute atomic E-state index is 11.1. The maximum Gasteiger partial charge on any atom is 0.229 e. The number of benzene rings is 1. The van der Waals surface area contributed by atoms with Crippen LogP contribution in [0.25, 0.3) is 0 Å². The normalized spacial score (nSPS) is 13.2. The number of anilines is 1. The van der Waals surface area contributed by atoms with Crippen molar-refractivity contribution in [1.82, 2.24) is 0 Å². The Morgan fingerprint density at radius 1 is 1.05 bits per heavy atom. The Labute approximate surface area is 118 Å². The molecule has 3 nitrogen and oxygen atoms in total. The summed E-state index contributed by atoms with van der Waals surface area (Å²) >= 11 is 0. The van der Waals surface area contributed by atoms with Gasteiger partial charge in [0.05, 0.1) is 6.26 Å². The van der Waals surface area contributed by atoms with E-state index in [4.69, 9.17) is 0 Å². The SMILES string of the molecule is CC.CC(c1ccc(NS(C)(=O)=O)cc1)C(C)(C)C. The van der Waals surface area contributed by atoms with E-state index < -0.39 is 10.0 Å². The average Bonchev–Trinajstić information content (AvgIpc) is 2.28. The van der Waals surface area contributed by atoms with E-state index in [0.717, 1.165) is 6.26 Å². The molecule has 4 heteroatoms. The van der Waals surface area contributed by atoms with Gasteiger partial charge in [-0.15, -0.1) is 0 Å². The quantitative estimate of drug-likeness (QED) is 0.903. The monoisotopic (exact) mass is 285 g/mol. The Morgan fingerprint density at radius 2 is 1.47 bits per heavy atom. The van der Waals surface area contributed by atoms with Gasteiger partial charge in [-0.25, -0.2) is 8.42 Å². The minimum absolute atomic E-state index is 0.200. The van der Waals surface area contributed by atoms with E-state index in [1.54, 1.807) is 12.1 Å². The summed E-state index contributed by atoms with van der Waals surface area (Å²) in [6, 6.07) is 7.56. The van der Waals surface area contributed by atoms with Crippen molar-refractivity contribution in [2.75, 3.05) is 11.0 Å². The molecule has 0 fully saturated rings. The van der Waals surface area contributed by atoms with E-state index in [-0.39, 0.29) is 5.41 Å². The topological polar surface area (TPSA) is 46.2 Å². The molecule has 0 spiro atoms. The lowest BCUT2D eigenvalue weighted by molar-refractivity contribution is 0.339. The third-order valence-electron chi connectivity index (χ3n) is 3.01. The zero-order valence-corrected chi connectivity index (χ0v) is 13.9. The third-order valence-corrected chi connectivity index (χ3v) is 3.62. The van der Waals surface area contributed by atoms with Gasteiger partial charge >= 0.3 is 0 Å². The molecular weight excluding hydrogens is 258 g/mol. The first kappa shape index (κ1) is 18.0. The van der Waals surface area contributed by atoms with Gasteiger partial charge in [0.1, 0.15) is 0 Å². The van der Waals surface area contributed by atoms with Gasteiger partial charge in [-0.1, -0.05) is 53.7 Å². The minimum atomic E-state index is -3.19. The predicted molar refractivity (Wildman–Crippen MR) is 84.1 cm³/mol. The number of rotatable bonds is 3. The fourth-order valence-corrected chi connectivity index (χ4v) is 2.12. The molecule has 0 aliphatic heterocycles. The van der Waals surface area contributed by atoms with Crippen molar-refractivity contribution < 1.29 is 8.42 Å². The predicted octanol–water partition coefficient (Wildman–Crippen LogP) is 4.23. The van der Waals surface area contributed by atoms with E-state index in [1.165, 1.54) is 5.56 Å². The largest absolute Gasteiger partial charge is 0.284 e. The molecule has 1 aromatic carbocycles. The Balaban J connectivity index is 0.00000154. The second kappa shape index (κ2) is 6.94. The molecule has 0 heterocycles. The molecule has 0 radical (unpaired) electrons. The molecule has 1 N–H and O–H groups in total. The van der Waals surface area contributed by atoms with Crippen molar-refractivity contribution in [3.05, 3.63) is 29.8 Å². The van der Waals surface area contributed by atoms with Crippen LogP contribution in [0, 0.1) is 5.41 Å². The lowest BCUT2D eigenvalue weighted by Gasteiger charge is -2.27. The van der Waals surface area contributed by atoms with Crippen molar-refractivity contribution in [2.24, 2.45) is 5.41 Å². The Bertz CT molecular complexity index is 470. The summed E-state index contributed by atoms with van der Waals surface area (Å²) in [7, 11) is -3.19. The molecule has 1 unspecified atom stereocenters. The molecule has 0 amide bonds. The van der Waals surface area contributed by atoms with Gasteiger partial charge in [-0.3, -0.25) is 4.72 Å². The summed E-state index contributed by atoms with van der Waals surface area (Å²) in [5, 5.41) is 0. The van der Waals surface area contributed by atoms with Gasteiger partial charge in [-0.05, 0) is 29.0 Å². The van der Waals surface area contributed by atoms with Gasteiger partial charge in [0.2, 0.25) is 10.0 Å². The van der Waals surface area contributed by atoms with Crippen LogP contribution >= 0.6 is 0 Å². The van der Waals surface area contributed by atoms with Crippen LogP contribution in [0.2, 0.25) is 0 Å². The zero-order valence-electron chi connectivity index (χ0n) is 13.1. The summed E-state index contributed by atoms with van der Waals surface area (Å²) in [5.74, 6) is 0.426. The first-order valence-electron chi connectivity index (χ1n) is 6.67. The van der Waals surface area contributed by atoms with Crippen LogP contribution in [0.1, 0.15) is 53.0 Å². The highest BCUT2D eigenvalue weighted by molar-refractivity contribution is 7.92. The lowest BCUT2D eigenvalue weighted by Crippen LogP contribution is -2.15. The summed E-state index contributed by atoms with van der Waals surface area (Å²) < 4.78 is 24.6. The highest BCUT2D eigenvalue weighted by atomic mass is 32.2. The maximum atomic E-state index is 11.1. The van der Waals surface area contributed by atoms with E-state index in [2.05, 4.69) is 32.4 Å². The van der Waals surface area contributed by atoms with Crippen molar-refractivity contribution in [1.29, 1.82) is 0 Å². The van der Waals surface area contributed by atoms with Crippen LogP contribution in [0.3, 0.4) is 0 Å². The molecule has 110 valence electrons. The molecule has 0 saturated heterocycles. The fraction of sp³-hybridized carbons (Fsp3) is 0.600. The van der Waals surface area contributed by atoms with Gasteiger partial charge in [0.15, 0.2) is 0 Å². The van der Waals surface area contributed by atoms with Gasteiger partial charge < -0.3 is 0 Å². The number of sulfonamides is 1. The molecule has 19 heavy (non-hydrogen) atoms. The highest BCUT2D eigenvalue weighted by Gasteiger charge is 2.21. The van der Waals surface area contributed by atoms with Crippen molar-refractivity contribution >= 4 is 15.7 Å². The van der Waals surface area contributed by atoms with Crippen LogP contribution in [0.5, 0.6) is 0 Å². The summed E-state index contributed by atoms with van der Waals surface area (Å²) in [4.78, 5) is 0. The molecule has 1 atom stereocenters. The number of nitrogens with one attached hydrogen (secondary N) is 1. The van der Waals surface area contributed by atoms with Crippen LogP contribution < -0.4 is 4.72 Å². The summed E-state index contributed by atoms with van der Waals surface area (Å²) in [5.41, 5.74) is 2.03. The summed E-state index contributed by atoms with van der Waals surface area (Å²) in [6.07, 6.45) is 1.15. The average molecular weight is 285 g/mol. The number of hydrogen-bond acceptors (Lipinski definition) is 2. The van der Waals surface area contributed by atoms with E-state index in [0.29, 0.717) is 11.6 Å². The van der Waals surface area contributed by atoms with Crippen LogP contribution in [-0.4, -0.2) is 14.7 Å². The highest BCUT2D eigenvalue weighted by Crippen LogP contribution is 2.34.